The topological polar surface area (TPSA) is 61.4 Å². The molecule has 0 aromatic heterocycles. The molecule has 0 bridgehead atoms. The van der Waals surface area contributed by atoms with Crippen molar-refractivity contribution in [2.45, 2.75) is 18.9 Å². The highest BCUT2D eigenvalue weighted by molar-refractivity contribution is 5.60. The number of piperidine rings is 1. The molecule has 1 unspecified atom stereocenters. The van der Waals surface area contributed by atoms with E-state index in [-0.39, 0.29) is 12.9 Å². The number of para-hydroxylation sites is 2. The molecule has 1 atom stereocenters. The number of methoxy groups -OCH3 is 1. The van der Waals surface area contributed by atoms with E-state index < -0.39 is 0 Å². The molecule has 0 saturated carbocycles. The summed E-state index contributed by atoms with van der Waals surface area (Å²) in [6, 6.07) is 12.0. The van der Waals surface area contributed by atoms with E-state index >= 15 is 0 Å². The van der Waals surface area contributed by atoms with Gasteiger partial charge in [-0.1, -0.05) is 12.1 Å². The lowest BCUT2D eigenvalue weighted by Crippen LogP contribution is -2.42. The molecule has 2 aromatic rings. The number of benzene rings is 2. The van der Waals surface area contributed by atoms with Crippen molar-refractivity contribution in [1.82, 2.24) is 5.32 Å². The van der Waals surface area contributed by atoms with E-state index in [1.807, 2.05) is 24.3 Å². The molecule has 7 nitrogen and oxygen atoms in total. The first kappa shape index (κ1) is 19.2. The third kappa shape index (κ3) is 3.81. The summed E-state index contributed by atoms with van der Waals surface area (Å²) in [5, 5.41) is 3.58. The molecular weight excluding hydrogens is 384 g/mol. The van der Waals surface area contributed by atoms with Gasteiger partial charge >= 0.3 is 0 Å². The Labute approximate surface area is 176 Å². The molecule has 0 spiro atoms. The SMILES string of the molecule is COc1ccccc1N1CCC(CNCC2COc3ccc4c(c3O2)OCO4)CC1. The zero-order valence-electron chi connectivity index (χ0n) is 17.3. The first-order valence-electron chi connectivity index (χ1n) is 10.6. The number of hydrogen-bond acceptors (Lipinski definition) is 7. The molecule has 2 aromatic carbocycles. The maximum Gasteiger partial charge on any atom is 0.231 e. The van der Waals surface area contributed by atoms with Crippen molar-refractivity contribution >= 4 is 5.69 Å². The normalized spacial score (nSPS) is 20.3. The maximum atomic E-state index is 6.15. The first-order chi connectivity index (χ1) is 14.8. The molecule has 0 radical (unpaired) electrons. The molecular formula is C23H28N2O5. The number of rotatable bonds is 6. The van der Waals surface area contributed by atoms with Crippen molar-refractivity contribution in [3.63, 3.8) is 0 Å². The van der Waals surface area contributed by atoms with Gasteiger partial charge in [0, 0.05) is 19.6 Å². The minimum Gasteiger partial charge on any atom is -0.495 e. The molecule has 30 heavy (non-hydrogen) atoms. The molecule has 0 aliphatic carbocycles. The third-order valence-corrected chi connectivity index (χ3v) is 6.01. The number of hydrogen-bond donors (Lipinski definition) is 1. The fourth-order valence-electron chi connectivity index (χ4n) is 4.36. The van der Waals surface area contributed by atoms with E-state index in [0.29, 0.717) is 29.8 Å². The molecule has 5 rings (SSSR count). The maximum absolute atomic E-state index is 6.15. The molecule has 3 heterocycles. The Hall–Kier alpha value is -2.80. The highest BCUT2D eigenvalue weighted by atomic mass is 16.7. The molecule has 3 aliphatic rings. The van der Waals surface area contributed by atoms with Crippen LogP contribution in [0.1, 0.15) is 12.8 Å². The van der Waals surface area contributed by atoms with Crippen LogP contribution in [0.4, 0.5) is 5.69 Å². The lowest BCUT2D eigenvalue weighted by Gasteiger charge is -2.34. The van der Waals surface area contributed by atoms with Crippen LogP contribution in [0.5, 0.6) is 28.7 Å². The van der Waals surface area contributed by atoms with Gasteiger partial charge in [0.2, 0.25) is 18.3 Å². The van der Waals surface area contributed by atoms with Crippen molar-refractivity contribution in [3.8, 4) is 28.7 Å². The molecule has 0 amide bonds. The Morgan fingerprint density at radius 3 is 2.60 bits per heavy atom. The van der Waals surface area contributed by atoms with Gasteiger partial charge in [-0.2, -0.15) is 0 Å². The highest BCUT2D eigenvalue weighted by Crippen LogP contribution is 2.48. The second kappa shape index (κ2) is 8.52. The van der Waals surface area contributed by atoms with Gasteiger partial charge in [-0.15, -0.1) is 0 Å². The summed E-state index contributed by atoms with van der Waals surface area (Å²) in [6.45, 7) is 4.59. The number of ether oxygens (including phenoxy) is 5. The lowest BCUT2D eigenvalue weighted by atomic mass is 9.96. The van der Waals surface area contributed by atoms with Gasteiger partial charge in [0.05, 0.1) is 12.8 Å². The fourth-order valence-corrected chi connectivity index (χ4v) is 4.36. The largest absolute Gasteiger partial charge is 0.495 e. The van der Waals surface area contributed by atoms with Crippen molar-refractivity contribution in [3.05, 3.63) is 36.4 Å². The molecule has 1 fully saturated rings. The van der Waals surface area contributed by atoms with E-state index in [0.717, 1.165) is 50.5 Å². The summed E-state index contributed by atoms with van der Waals surface area (Å²) in [7, 11) is 1.73. The number of nitrogens with zero attached hydrogens (tertiary/aromatic N) is 1. The minimum atomic E-state index is -0.0399. The van der Waals surface area contributed by atoms with Crippen LogP contribution < -0.4 is 33.9 Å². The van der Waals surface area contributed by atoms with Gasteiger partial charge in [0.25, 0.3) is 0 Å². The van der Waals surface area contributed by atoms with E-state index in [4.69, 9.17) is 23.7 Å². The summed E-state index contributed by atoms with van der Waals surface area (Å²) in [5.74, 6) is 4.36. The average Bonchev–Trinajstić information content (AvgIpc) is 3.29. The first-order valence-corrected chi connectivity index (χ1v) is 10.6. The van der Waals surface area contributed by atoms with E-state index in [9.17, 15) is 0 Å². The van der Waals surface area contributed by atoms with Crippen LogP contribution in [0.25, 0.3) is 0 Å². The minimum absolute atomic E-state index is 0.0399. The lowest BCUT2D eigenvalue weighted by molar-refractivity contribution is 0.0838. The van der Waals surface area contributed by atoms with Crippen molar-refractivity contribution in [1.29, 1.82) is 0 Å². The highest BCUT2D eigenvalue weighted by Gasteiger charge is 2.30. The summed E-state index contributed by atoms with van der Waals surface area (Å²) in [5.41, 5.74) is 1.19. The van der Waals surface area contributed by atoms with Crippen LogP contribution in [0, 0.1) is 5.92 Å². The van der Waals surface area contributed by atoms with Gasteiger partial charge in [-0.25, -0.2) is 0 Å². The second-order valence-corrected chi connectivity index (χ2v) is 7.94. The molecule has 1 N–H and O–H groups in total. The number of fused-ring (bicyclic) bond motifs is 3. The Balaban J connectivity index is 1.09. The van der Waals surface area contributed by atoms with Gasteiger partial charge < -0.3 is 33.9 Å². The summed E-state index contributed by atoms with van der Waals surface area (Å²) in [6.07, 6.45) is 2.28. The van der Waals surface area contributed by atoms with Gasteiger partial charge in [-0.05, 0) is 49.6 Å². The molecule has 1 saturated heterocycles. The van der Waals surface area contributed by atoms with Crippen LogP contribution in [0.2, 0.25) is 0 Å². The second-order valence-electron chi connectivity index (χ2n) is 7.94. The van der Waals surface area contributed by atoms with Crippen LogP contribution in [-0.2, 0) is 0 Å². The zero-order valence-corrected chi connectivity index (χ0v) is 17.3. The molecule has 3 aliphatic heterocycles. The van der Waals surface area contributed by atoms with Crippen LogP contribution in [0.15, 0.2) is 36.4 Å². The predicted octanol–water partition coefficient (Wildman–Crippen LogP) is 3.07. The van der Waals surface area contributed by atoms with E-state index in [2.05, 4.69) is 22.3 Å². The zero-order chi connectivity index (χ0) is 20.3. The van der Waals surface area contributed by atoms with Crippen molar-refractivity contribution < 1.29 is 23.7 Å². The van der Waals surface area contributed by atoms with E-state index in [1.54, 1.807) is 7.11 Å². The monoisotopic (exact) mass is 412 g/mol. The van der Waals surface area contributed by atoms with Crippen molar-refractivity contribution in [2.24, 2.45) is 5.92 Å². The van der Waals surface area contributed by atoms with Gasteiger partial charge in [-0.3, -0.25) is 0 Å². The average molecular weight is 412 g/mol. The Morgan fingerprint density at radius 1 is 0.967 bits per heavy atom. The predicted molar refractivity (Wildman–Crippen MR) is 113 cm³/mol. The smallest absolute Gasteiger partial charge is 0.231 e. The summed E-state index contributed by atoms with van der Waals surface area (Å²) in [4.78, 5) is 2.42. The summed E-state index contributed by atoms with van der Waals surface area (Å²) >= 11 is 0. The third-order valence-electron chi connectivity index (χ3n) is 6.01. The summed E-state index contributed by atoms with van der Waals surface area (Å²) < 4.78 is 28.5. The van der Waals surface area contributed by atoms with Crippen LogP contribution >= 0.6 is 0 Å². The van der Waals surface area contributed by atoms with Gasteiger partial charge in [0.15, 0.2) is 11.5 Å². The van der Waals surface area contributed by atoms with Crippen molar-refractivity contribution in [2.75, 3.05) is 51.6 Å². The number of nitrogens with one attached hydrogen (secondary N) is 1. The van der Waals surface area contributed by atoms with E-state index in [1.165, 1.54) is 5.69 Å². The Morgan fingerprint density at radius 2 is 1.77 bits per heavy atom. The molecule has 160 valence electrons. The Kier molecular flexibility index (Phi) is 5.45. The standard InChI is InChI=1S/C23H28N2O5/c1-26-19-5-3-2-4-18(19)25-10-8-16(9-11-25)12-24-13-17-14-27-21-7-6-20-22(23(21)30-17)29-15-28-20/h2-7,16-17,24H,8-15H2,1H3. The fraction of sp³-hybridized carbons (Fsp3) is 0.478. The van der Waals surface area contributed by atoms with Crippen LogP contribution in [-0.4, -0.2) is 52.8 Å². The van der Waals surface area contributed by atoms with Gasteiger partial charge in [0.1, 0.15) is 18.5 Å². The molecule has 7 heteroatoms. The Bertz CT molecular complexity index is 882. The number of anilines is 1. The quantitative estimate of drug-likeness (QED) is 0.782. The van der Waals surface area contributed by atoms with Crippen LogP contribution in [0.3, 0.4) is 0 Å².